The second-order valence-corrected chi connectivity index (χ2v) is 4.74. The first-order valence-corrected chi connectivity index (χ1v) is 6.08. The summed E-state index contributed by atoms with van der Waals surface area (Å²) in [5.41, 5.74) is 7.70. The molecule has 0 bridgehead atoms. The standard InChI is InChI=1S/C12H15N5O2/c13-11(17-19)8-2-1-3-9-10(8)16-12(15-9)14-6-4-7(18)5-6/h1-3,6-7,18-19H,4-5H2,(H2,13,17)(H2,14,15,16). The molecule has 7 nitrogen and oxygen atoms in total. The summed E-state index contributed by atoms with van der Waals surface area (Å²) >= 11 is 0. The Bertz CT molecular complexity index is 630. The molecule has 1 saturated carbocycles. The zero-order valence-corrected chi connectivity index (χ0v) is 10.2. The Kier molecular flexibility index (Phi) is 2.75. The van der Waals surface area contributed by atoms with Crippen LogP contribution in [0.2, 0.25) is 0 Å². The van der Waals surface area contributed by atoms with E-state index in [1.807, 2.05) is 6.07 Å². The quantitative estimate of drug-likeness (QED) is 0.240. The normalized spacial score (nSPS) is 23.3. The fraction of sp³-hybridized carbons (Fsp3) is 0.333. The number of aliphatic hydroxyl groups excluding tert-OH is 1. The number of nitrogens with two attached hydrogens (primary N) is 1. The molecule has 0 aliphatic heterocycles. The van der Waals surface area contributed by atoms with Crippen molar-refractivity contribution in [3.63, 3.8) is 0 Å². The SMILES string of the molecule is NC(=NO)c1cccc2nc(NC3CC(O)C3)[nH]c12. The van der Waals surface area contributed by atoms with Crippen LogP contribution in [0.1, 0.15) is 18.4 Å². The first kappa shape index (κ1) is 11.8. The van der Waals surface area contributed by atoms with Crippen molar-refractivity contribution in [2.24, 2.45) is 10.9 Å². The van der Waals surface area contributed by atoms with Gasteiger partial charge in [-0.3, -0.25) is 0 Å². The first-order chi connectivity index (χ1) is 9.17. The molecular weight excluding hydrogens is 246 g/mol. The fourth-order valence-corrected chi connectivity index (χ4v) is 2.27. The molecule has 1 aromatic heterocycles. The molecule has 0 radical (unpaired) electrons. The van der Waals surface area contributed by atoms with Crippen LogP contribution in [-0.4, -0.2) is 38.3 Å². The maximum Gasteiger partial charge on any atom is 0.201 e. The van der Waals surface area contributed by atoms with E-state index in [1.165, 1.54) is 0 Å². The minimum absolute atomic E-state index is 0.0415. The van der Waals surface area contributed by atoms with E-state index in [0.29, 0.717) is 11.5 Å². The van der Waals surface area contributed by atoms with Crippen LogP contribution in [0, 0.1) is 0 Å². The van der Waals surface area contributed by atoms with Crippen molar-refractivity contribution in [2.75, 3.05) is 5.32 Å². The van der Waals surface area contributed by atoms with E-state index < -0.39 is 0 Å². The summed E-state index contributed by atoms with van der Waals surface area (Å²) in [7, 11) is 0. The third-order valence-corrected chi connectivity index (χ3v) is 3.36. The van der Waals surface area contributed by atoms with Gasteiger partial charge < -0.3 is 26.3 Å². The lowest BCUT2D eigenvalue weighted by Gasteiger charge is -2.31. The fourth-order valence-electron chi connectivity index (χ4n) is 2.27. The lowest BCUT2D eigenvalue weighted by Crippen LogP contribution is -2.39. The molecule has 0 unspecified atom stereocenters. The Labute approximate surface area is 109 Å². The number of rotatable bonds is 3. The molecule has 6 N–H and O–H groups in total. The lowest BCUT2D eigenvalue weighted by atomic mass is 9.90. The van der Waals surface area contributed by atoms with Gasteiger partial charge in [0, 0.05) is 11.6 Å². The number of nitrogens with one attached hydrogen (secondary N) is 2. The van der Waals surface area contributed by atoms with Gasteiger partial charge in [-0.15, -0.1) is 0 Å². The van der Waals surface area contributed by atoms with Crippen LogP contribution in [0.5, 0.6) is 0 Å². The highest BCUT2D eigenvalue weighted by Gasteiger charge is 2.27. The minimum Gasteiger partial charge on any atom is -0.409 e. The van der Waals surface area contributed by atoms with E-state index in [-0.39, 0.29) is 18.0 Å². The number of H-pyrrole nitrogens is 1. The van der Waals surface area contributed by atoms with Gasteiger partial charge in [0.1, 0.15) is 0 Å². The highest BCUT2D eigenvalue weighted by atomic mass is 16.4. The van der Waals surface area contributed by atoms with Crippen LogP contribution in [0.4, 0.5) is 5.95 Å². The van der Waals surface area contributed by atoms with E-state index in [0.717, 1.165) is 23.9 Å². The third kappa shape index (κ3) is 2.08. The van der Waals surface area contributed by atoms with Crippen LogP contribution in [0.25, 0.3) is 11.0 Å². The van der Waals surface area contributed by atoms with Crippen molar-refractivity contribution < 1.29 is 10.3 Å². The number of fused-ring (bicyclic) bond motifs is 1. The second-order valence-electron chi connectivity index (χ2n) is 4.74. The summed E-state index contributed by atoms with van der Waals surface area (Å²) < 4.78 is 0. The van der Waals surface area contributed by atoms with Gasteiger partial charge >= 0.3 is 0 Å². The number of oxime groups is 1. The van der Waals surface area contributed by atoms with Crippen LogP contribution < -0.4 is 11.1 Å². The minimum atomic E-state index is -0.213. The average molecular weight is 261 g/mol. The zero-order chi connectivity index (χ0) is 13.4. The Morgan fingerprint density at radius 3 is 2.95 bits per heavy atom. The number of anilines is 1. The molecule has 0 spiro atoms. The molecule has 100 valence electrons. The molecular formula is C12H15N5O2. The summed E-state index contributed by atoms with van der Waals surface area (Å²) in [6.07, 6.45) is 1.24. The number of imidazole rings is 1. The number of nitrogens with zero attached hydrogens (tertiary/aromatic N) is 2. The van der Waals surface area contributed by atoms with Crippen LogP contribution in [0.15, 0.2) is 23.4 Å². The molecule has 1 aliphatic carbocycles. The van der Waals surface area contributed by atoms with Crippen molar-refractivity contribution in [3.05, 3.63) is 23.8 Å². The van der Waals surface area contributed by atoms with Gasteiger partial charge in [0.25, 0.3) is 0 Å². The monoisotopic (exact) mass is 261 g/mol. The molecule has 3 rings (SSSR count). The largest absolute Gasteiger partial charge is 0.409 e. The van der Waals surface area contributed by atoms with Crippen LogP contribution in [0.3, 0.4) is 0 Å². The van der Waals surface area contributed by atoms with Gasteiger partial charge in [-0.1, -0.05) is 11.2 Å². The lowest BCUT2D eigenvalue weighted by molar-refractivity contribution is 0.0834. The first-order valence-electron chi connectivity index (χ1n) is 6.08. The van der Waals surface area contributed by atoms with Gasteiger partial charge in [0.15, 0.2) is 5.84 Å². The molecule has 0 saturated heterocycles. The van der Waals surface area contributed by atoms with Gasteiger partial charge in [-0.25, -0.2) is 4.98 Å². The molecule has 2 aromatic rings. The summed E-state index contributed by atoms with van der Waals surface area (Å²) in [4.78, 5) is 7.51. The highest BCUT2D eigenvalue weighted by molar-refractivity contribution is 6.07. The van der Waals surface area contributed by atoms with Crippen molar-refractivity contribution >= 4 is 22.8 Å². The number of hydrogen-bond acceptors (Lipinski definition) is 5. The van der Waals surface area contributed by atoms with E-state index in [1.54, 1.807) is 12.1 Å². The number of aromatic nitrogens is 2. The molecule has 1 heterocycles. The predicted molar refractivity (Wildman–Crippen MR) is 71.3 cm³/mol. The average Bonchev–Trinajstić information content (AvgIpc) is 2.78. The molecule has 0 atom stereocenters. The van der Waals surface area contributed by atoms with Crippen molar-refractivity contribution in [2.45, 2.75) is 25.0 Å². The number of benzene rings is 1. The highest BCUT2D eigenvalue weighted by Crippen LogP contribution is 2.25. The Morgan fingerprint density at radius 1 is 1.47 bits per heavy atom. The molecule has 19 heavy (non-hydrogen) atoms. The summed E-state index contributed by atoms with van der Waals surface area (Å²) in [5.74, 6) is 0.671. The second kappa shape index (κ2) is 4.43. The van der Waals surface area contributed by atoms with Crippen molar-refractivity contribution in [3.8, 4) is 0 Å². The number of para-hydroxylation sites is 1. The maximum absolute atomic E-state index is 9.25. The smallest absolute Gasteiger partial charge is 0.201 e. The van der Waals surface area contributed by atoms with Gasteiger partial charge in [-0.05, 0) is 25.0 Å². The molecule has 0 amide bonds. The zero-order valence-electron chi connectivity index (χ0n) is 10.2. The van der Waals surface area contributed by atoms with Crippen molar-refractivity contribution in [1.82, 2.24) is 9.97 Å². The number of aliphatic hydroxyl groups is 1. The van der Waals surface area contributed by atoms with E-state index in [9.17, 15) is 5.11 Å². The Morgan fingerprint density at radius 2 is 2.26 bits per heavy atom. The van der Waals surface area contributed by atoms with Crippen molar-refractivity contribution in [1.29, 1.82) is 0 Å². The summed E-state index contributed by atoms with van der Waals surface area (Å²) in [6, 6.07) is 5.64. The number of hydrogen-bond donors (Lipinski definition) is 5. The molecule has 1 aliphatic rings. The predicted octanol–water partition coefficient (Wildman–Crippen LogP) is 0.593. The topological polar surface area (TPSA) is 120 Å². The number of aromatic amines is 1. The third-order valence-electron chi connectivity index (χ3n) is 3.36. The van der Waals surface area contributed by atoms with E-state index >= 15 is 0 Å². The van der Waals surface area contributed by atoms with E-state index in [2.05, 4.69) is 20.4 Å². The van der Waals surface area contributed by atoms with Crippen LogP contribution in [-0.2, 0) is 0 Å². The summed E-state index contributed by atoms with van der Waals surface area (Å²) in [6.45, 7) is 0. The summed E-state index contributed by atoms with van der Waals surface area (Å²) in [5, 5.41) is 24.2. The van der Waals surface area contributed by atoms with Crippen LogP contribution >= 0.6 is 0 Å². The Balaban J connectivity index is 1.92. The van der Waals surface area contributed by atoms with Gasteiger partial charge in [-0.2, -0.15) is 0 Å². The number of amidine groups is 1. The van der Waals surface area contributed by atoms with E-state index in [4.69, 9.17) is 10.9 Å². The maximum atomic E-state index is 9.25. The molecule has 7 heteroatoms. The van der Waals surface area contributed by atoms with Gasteiger partial charge in [0.05, 0.1) is 17.1 Å². The molecule has 1 aromatic carbocycles. The Hall–Kier alpha value is -2.28. The van der Waals surface area contributed by atoms with Gasteiger partial charge in [0.2, 0.25) is 5.95 Å². The molecule has 1 fully saturated rings.